The fraction of sp³-hybridized carbons (Fsp3) is 0.538. The lowest BCUT2D eigenvalue weighted by Crippen LogP contribution is -2.13. The number of hydrogen-bond donors (Lipinski definition) is 0. The van der Waals surface area contributed by atoms with Crippen molar-refractivity contribution in [2.45, 2.75) is 44.9 Å². The summed E-state index contributed by atoms with van der Waals surface area (Å²) in [6, 6.07) is 2.07. The van der Waals surface area contributed by atoms with Gasteiger partial charge in [-0.25, -0.2) is 0 Å². The van der Waals surface area contributed by atoms with Crippen LogP contribution >= 0.6 is 23.2 Å². The third-order valence-electron chi connectivity index (χ3n) is 3.48. The monoisotopic (exact) mass is 242 g/mol. The zero-order valence-corrected chi connectivity index (χ0v) is 10.9. The van der Waals surface area contributed by atoms with E-state index in [1.807, 2.05) is 0 Å². The molecule has 0 saturated carbocycles. The van der Waals surface area contributed by atoms with Crippen LogP contribution in [0.3, 0.4) is 0 Å². The van der Waals surface area contributed by atoms with Gasteiger partial charge in [-0.05, 0) is 60.9 Å². The lowest BCUT2D eigenvalue weighted by atomic mass is 9.79. The third-order valence-corrected chi connectivity index (χ3v) is 4.31. The average molecular weight is 243 g/mol. The van der Waals surface area contributed by atoms with Crippen molar-refractivity contribution in [3.05, 3.63) is 33.3 Å². The van der Waals surface area contributed by atoms with Crippen LogP contribution in [0.2, 0.25) is 5.02 Å². The van der Waals surface area contributed by atoms with Gasteiger partial charge >= 0.3 is 0 Å². The van der Waals surface area contributed by atoms with E-state index in [9.17, 15) is 0 Å². The maximum absolute atomic E-state index is 6.40. The molecule has 1 aliphatic rings. The van der Waals surface area contributed by atoms with Crippen molar-refractivity contribution >= 4 is 23.2 Å². The highest BCUT2D eigenvalue weighted by molar-refractivity contribution is 6.31. The van der Waals surface area contributed by atoms with Crippen molar-refractivity contribution < 1.29 is 0 Å². The van der Waals surface area contributed by atoms with E-state index in [0.717, 1.165) is 11.4 Å². The second-order valence-electron chi connectivity index (χ2n) is 4.57. The van der Waals surface area contributed by atoms with Crippen molar-refractivity contribution in [2.75, 3.05) is 0 Å². The molecule has 0 nitrogen and oxygen atoms in total. The molecule has 2 rings (SSSR count). The number of rotatable bonds is 0. The SMILES string of the molecule is Cc1cc(Cl)c(C)c2c1C(C)CCC2Cl. The van der Waals surface area contributed by atoms with Crippen LogP contribution in [-0.4, -0.2) is 0 Å². The molecule has 15 heavy (non-hydrogen) atoms. The standard InChI is InChI=1S/C13H16Cl2/c1-7-4-5-10(14)13-9(3)11(15)6-8(2)12(7)13/h6-7,10H,4-5H2,1-3H3. The van der Waals surface area contributed by atoms with E-state index in [1.165, 1.54) is 28.7 Å². The first kappa shape index (κ1) is 11.3. The zero-order chi connectivity index (χ0) is 11.2. The highest BCUT2D eigenvalue weighted by Gasteiger charge is 2.27. The molecule has 2 unspecified atom stereocenters. The number of benzene rings is 1. The predicted molar refractivity (Wildman–Crippen MR) is 67.2 cm³/mol. The van der Waals surface area contributed by atoms with Gasteiger partial charge in [0.1, 0.15) is 0 Å². The van der Waals surface area contributed by atoms with Crippen LogP contribution in [0.1, 0.15) is 53.3 Å². The second kappa shape index (κ2) is 3.99. The first-order valence-electron chi connectivity index (χ1n) is 5.46. The summed E-state index contributed by atoms with van der Waals surface area (Å²) in [6.07, 6.45) is 2.25. The van der Waals surface area contributed by atoms with E-state index < -0.39 is 0 Å². The van der Waals surface area contributed by atoms with Crippen LogP contribution in [0, 0.1) is 13.8 Å². The van der Waals surface area contributed by atoms with Gasteiger partial charge in [0, 0.05) is 5.02 Å². The van der Waals surface area contributed by atoms with E-state index in [1.54, 1.807) is 0 Å². The molecule has 0 bridgehead atoms. The Morgan fingerprint density at radius 2 is 1.87 bits per heavy atom. The Kier molecular flexibility index (Phi) is 3.00. The molecule has 82 valence electrons. The van der Waals surface area contributed by atoms with Gasteiger partial charge in [-0.15, -0.1) is 11.6 Å². The number of hydrogen-bond acceptors (Lipinski definition) is 0. The number of halogens is 2. The van der Waals surface area contributed by atoms with Crippen molar-refractivity contribution in [1.29, 1.82) is 0 Å². The van der Waals surface area contributed by atoms with Gasteiger partial charge < -0.3 is 0 Å². The number of fused-ring (bicyclic) bond motifs is 1. The maximum Gasteiger partial charge on any atom is 0.0591 e. The topological polar surface area (TPSA) is 0 Å². The fourth-order valence-electron chi connectivity index (χ4n) is 2.66. The third kappa shape index (κ3) is 1.79. The minimum Gasteiger partial charge on any atom is -0.118 e. The molecule has 0 N–H and O–H groups in total. The summed E-state index contributed by atoms with van der Waals surface area (Å²) >= 11 is 12.6. The summed E-state index contributed by atoms with van der Waals surface area (Å²) in [4.78, 5) is 0. The number of alkyl halides is 1. The van der Waals surface area contributed by atoms with Crippen LogP contribution in [0.5, 0.6) is 0 Å². The molecule has 2 atom stereocenters. The van der Waals surface area contributed by atoms with Crippen LogP contribution in [-0.2, 0) is 0 Å². The minimum absolute atomic E-state index is 0.147. The molecule has 0 aliphatic heterocycles. The molecule has 0 spiro atoms. The fourth-order valence-corrected chi connectivity index (χ4v) is 3.33. The zero-order valence-electron chi connectivity index (χ0n) is 9.40. The first-order chi connectivity index (χ1) is 7.02. The summed E-state index contributed by atoms with van der Waals surface area (Å²) in [5.41, 5.74) is 5.19. The Morgan fingerprint density at radius 3 is 2.53 bits per heavy atom. The summed E-state index contributed by atoms with van der Waals surface area (Å²) in [7, 11) is 0. The summed E-state index contributed by atoms with van der Waals surface area (Å²) < 4.78 is 0. The average Bonchev–Trinajstić information content (AvgIpc) is 2.18. The van der Waals surface area contributed by atoms with Gasteiger partial charge in [0.2, 0.25) is 0 Å². The van der Waals surface area contributed by atoms with E-state index in [-0.39, 0.29) is 5.38 Å². The molecule has 0 saturated heterocycles. The molecule has 0 amide bonds. The molecular formula is C13H16Cl2. The van der Waals surface area contributed by atoms with Gasteiger partial charge in [0.05, 0.1) is 5.38 Å². The van der Waals surface area contributed by atoms with E-state index >= 15 is 0 Å². The first-order valence-corrected chi connectivity index (χ1v) is 6.27. The van der Waals surface area contributed by atoms with Crippen molar-refractivity contribution in [2.24, 2.45) is 0 Å². The predicted octanol–water partition coefficient (Wildman–Crippen LogP) is 5.13. The smallest absolute Gasteiger partial charge is 0.0591 e. The Labute approximate surface area is 102 Å². The second-order valence-corrected chi connectivity index (χ2v) is 5.51. The molecule has 1 aromatic rings. The Hall–Kier alpha value is -0.200. The summed E-state index contributed by atoms with van der Waals surface area (Å²) in [6.45, 7) is 6.49. The van der Waals surface area contributed by atoms with E-state index in [4.69, 9.17) is 23.2 Å². The van der Waals surface area contributed by atoms with Crippen LogP contribution in [0.15, 0.2) is 6.07 Å². The Morgan fingerprint density at radius 1 is 1.20 bits per heavy atom. The molecule has 0 fully saturated rings. The van der Waals surface area contributed by atoms with Gasteiger partial charge in [0.25, 0.3) is 0 Å². The molecule has 0 aromatic heterocycles. The van der Waals surface area contributed by atoms with Crippen molar-refractivity contribution in [3.63, 3.8) is 0 Å². The quantitative estimate of drug-likeness (QED) is 0.554. The molecule has 0 radical (unpaired) electrons. The van der Waals surface area contributed by atoms with Gasteiger partial charge in [-0.1, -0.05) is 18.5 Å². The van der Waals surface area contributed by atoms with Gasteiger partial charge in [-0.3, -0.25) is 0 Å². The minimum atomic E-state index is 0.147. The summed E-state index contributed by atoms with van der Waals surface area (Å²) in [5, 5.41) is 1.000. The highest BCUT2D eigenvalue weighted by atomic mass is 35.5. The van der Waals surface area contributed by atoms with Crippen LogP contribution in [0.4, 0.5) is 0 Å². The van der Waals surface area contributed by atoms with Crippen LogP contribution in [0.25, 0.3) is 0 Å². The highest BCUT2D eigenvalue weighted by Crippen LogP contribution is 2.45. The summed E-state index contributed by atoms with van der Waals surface area (Å²) in [5.74, 6) is 0.617. The molecule has 1 aromatic carbocycles. The van der Waals surface area contributed by atoms with E-state index in [0.29, 0.717) is 5.92 Å². The largest absolute Gasteiger partial charge is 0.118 e. The van der Waals surface area contributed by atoms with Crippen LogP contribution < -0.4 is 0 Å². The van der Waals surface area contributed by atoms with E-state index in [2.05, 4.69) is 26.8 Å². The van der Waals surface area contributed by atoms with Gasteiger partial charge in [-0.2, -0.15) is 0 Å². The lowest BCUT2D eigenvalue weighted by molar-refractivity contribution is 0.573. The molecular weight excluding hydrogens is 227 g/mol. The maximum atomic E-state index is 6.40. The molecule has 2 heteroatoms. The normalized spacial score (nSPS) is 25.1. The van der Waals surface area contributed by atoms with Crippen molar-refractivity contribution in [1.82, 2.24) is 0 Å². The molecule has 1 aliphatic carbocycles. The number of aryl methyl sites for hydroxylation is 1. The Balaban J connectivity index is 2.71. The lowest BCUT2D eigenvalue weighted by Gasteiger charge is -2.30. The molecule has 0 heterocycles. The Bertz CT molecular complexity index is 396. The van der Waals surface area contributed by atoms with Crippen molar-refractivity contribution in [3.8, 4) is 0 Å². The van der Waals surface area contributed by atoms with Gasteiger partial charge in [0.15, 0.2) is 0 Å².